The van der Waals surface area contributed by atoms with Crippen LogP contribution in [-0.4, -0.2) is 19.9 Å². The summed E-state index contributed by atoms with van der Waals surface area (Å²) in [7, 11) is 7.88. The molecule has 12 aromatic rings. The SMILES string of the molecule is [2H]C(C)(C)c1cc[n+](C)c(-c2ccc3c(c2C)-c2ccc(C)nc2C3)c1.[2H]C([2H])([2H])c1c[n+](C)c(-c2ccc3c(c2C)-c2ccc(C)nc2C3)cc1C.[2H]C([2H])([2H])c1c[n+](C)c(-c2ccc3c(c2C)-c2ccc(C)nc2C3)cc1C([2H])(C)C.[2H]C([2H])(c1cc[n+](C)c(-c2ccc3c(c2C)-c2ccc(C)nc2C3)c1)C(C)(C)C. The molecule has 16 rings (SSSR count). The predicted molar refractivity (Wildman–Crippen MR) is 420 cm³/mol. The molecule has 0 saturated heterocycles. The zero-order valence-corrected chi connectivity index (χ0v) is 63.4. The molecule has 102 heavy (non-hydrogen) atoms. The first-order valence-corrected chi connectivity index (χ1v) is 35.7. The van der Waals surface area contributed by atoms with Gasteiger partial charge in [-0.2, -0.15) is 0 Å². The van der Waals surface area contributed by atoms with Crippen molar-refractivity contribution in [2.24, 2.45) is 33.6 Å². The van der Waals surface area contributed by atoms with Crippen LogP contribution in [0, 0.1) is 81.4 Å². The number of aryl methyl sites for hydroxylation is 11. The molecule has 4 aliphatic rings. The molecule has 0 radical (unpaired) electrons. The van der Waals surface area contributed by atoms with Crippen LogP contribution in [0.2, 0.25) is 0 Å². The van der Waals surface area contributed by atoms with E-state index in [0.29, 0.717) is 11.1 Å². The van der Waals surface area contributed by atoms with Gasteiger partial charge < -0.3 is 0 Å². The number of fused-ring (bicyclic) bond motifs is 12. The molecule has 8 heterocycles. The number of hydrogen-bond donors (Lipinski definition) is 0. The number of rotatable bonds is 7. The van der Waals surface area contributed by atoms with E-state index >= 15 is 0 Å². The Bertz CT molecular complexity index is 5830. The van der Waals surface area contributed by atoms with Gasteiger partial charge >= 0.3 is 0 Å². The predicted octanol–water partition coefficient (Wildman–Crippen LogP) is 19.8. The first-order valence-electron chi connectivity index (χ1n) is 40.7. The van der Waals surface area contributed by atoms with Crippen molar-refractivity contribution in [1.29, 1.82) is 0 Å². The molecule has 0 bridgehead atoms. The zero-order chi connectivity index (χ0) is 81.3. The molecule has 0 atom stereocenters. The van der Waals surface area contributed by atoms with E-state index in [4.69, 9.17) is 33.6 Å². The maximum atomic E-state index is 8.69. The third-order valence-corrected chi connectivity index (χ3v) is 21.0. The standard InChI is InChI=1S/C25H29N2.C24H27N2.C23H25N2.C22H23N2/c1-16-7-9-21-22(26-16)14-19-8-10-20(17(2)24(19)21)23-13-18(11-12-27(23)6)15-25(3,4)5;1-14(2)21-12-23(26(6)13-15(21)3)19-10-8-18-11-22-20(24(18)17(19)5)9-7-16(4)25-22;1-14(2)17-10-11-25(5)22(13-17)19-9-7-18-12-21-20(23(18)16(19)4)8-6-15(3)24-21;1-13-10-21(24(5)12-14(13)2)18-9-7-17-11-20-19(22(17)16(18)4)8-6-15(3)23-20/h7-13H,14-15H2,1-6H3;7-10,12-14H,11H2,1-6H3;6-11,13-14H,12H2,1-5H3;6-10,12H,11H2,1-5H3/q4*+1/i15D2;3D3,14D;14D;2D3. The number of benzene rings is 4. The van der Waals surface area contributed by atoms with E-state index in [9.17, 15) is 0 Å². The lowest BCUT2D eigenvalue weighted by molar-refractivity contribution is -0.660. The van der Waals surface area contributed by atoms with Crippen molar-refractivity contribution in [3.63, 3.8) is 0 Å². The fourth-order valence-electron chi connectivity index (χ4n) is 15.7. The Balaban J connectivity index is 0.000000131. The van der Waals surface area contributed by atoms with E-state index in [1.807, 2.05) is 135 Å². The van der Waals surface area contributed by atoms with Gasteiger partial charge in [-0.25, -0.2) is 18.3 Å². The van der Waals surface area contributed by atoms with Crippen LogP contribution >= 0.6 is 0 Å². The largest absolute Gasteiger partial charge is 0.257 e. The summed E-state index contributed by atoms with van der Waals surface area (Å²) < 4.78 is 89.4. The zero-order valence-electron chi connectivity index (χ0n) is 73.4. The minimum Gasteiger partial charge on any atom is -0.257 e. The molecule has 8 heteroatoms. The summed E-state index contributed by atoms with van der Waals surface area (Å²) in [5, 5.41) is 0. The lowest BCUT2D eigenvalue weighted by atomic mass is 9.87. The van der Waals surface area contributed by atoms with Gasteiger partial charge in [-0.15, -0.1) is 0 Å². The maximum absolute atomic E-state index is 8.69. The van der Waals surface area contributed by atoms with Gasteiger partial charge in [0.2, 0.25) is 22.8 Å². The molecule has 8 aromatic heterocycles. The van der Waals surface area contributed by atoms with Gasteiger partial charge in [0.1, 0.15) is 28.2 Å². The first-order chi connectivity index (χ1) is 52.3. The van der Waals surface area contributed by atoms with Crippen LogP contribution in [0.25, 0.3) is 89.5 Å². The van der Waals surface area contributed by atoms with Crippen molar-refractivity contribution in [3.05, 3.63) is 282 Å². The second-order valence-corrected chi connectivity index (χ2v) is 30.2. The van der Waals surface area contributed by atoms with Crippen molar-refractivity contribution in [2.45, 2.75) is 168 Å². The molecule has 0 spiro atoms. The highest BCUT2D eigenvalue weighted by Gasteiger charge is 2.31. The highest BCUT2D eigenvalue weighted by atomic mass is 14.9. The number of hydrogen-bond acceptors (Lipinski definition) is 4. The molecule has 0 aliphatic heterocycles. The van der Waals surface area contributed by atoms with Gasteiger partial charge in [0.15, 0.2) is 24.8 Å². The van der Waals surface area contributed by atoms with E-state index in [2.05, 4.69) is 154 Å². The van der Waals surface area contributed by atoms with Crippen molar-refractivity contribution in [3.8, 4) is 89.5 Å². The molecular formula is C94H104N8+4. The third-order valence-electron chi connectivity index (χ3n) is 21.0. The number of nitrogens with zero attached hydrogens (tertiary/aromatic N) is 8. The van der Waals surface area contributed by atoms with Gasteiger partial charge in [0.25, 0.3) is 0 Å². The lowest BCUT2D eigenvalue weighted by Crippen LogP contribution is -2.32. The fraction of sp³-hybridized carbons (Fsp3) is 0.319. The van der Waals surface area contributed by atoms with E-state index in [0.717, 1.165) is 127 Å². The Hall–Kier alpha value is -9.92. The van der Waals surface area contributed by atoms with Crippen LogP contribution in [0.15, 0.2) is 158 Å². The molecule has 0 N–H and O–H groups in total. The molecule has 516 valence electrons. The Morgan fingerprint density at radius 1 is 0.382 bits per heavy atom. The molecular weight excluding hydrogens is 1240 g/mol. The van der Waals surface area contributed by atoms with Crippen LogP contribution in [0.3, 0.4) is 0 Å². The molecule has 0 saturated carbocycles. The summed E-state index contributed by atoms with van der Waals surface area (Å²) in [6.07, 6.45) is 9.52. The van der Waals surface area contributed by atoms with Crippen molar-refractivity contribution < 1.29 is 32.0 Å². The van der Waals surface area contributed by atoms with Crippen molar-refractivity contribution in [2.75, 3.05) is 0 Å². The topological polar surface area (TPSA) is 67.1 Å². The number of aromatic nitrogens is 8. The van der Waals surface area contributed by atoms with Gasteiger partial charge in [0.05, 0.1) is 22.8 Å². The van der Waals surface area contributed by atoms with E-state index in [1.54, 1.807) is 26.2 Å². The average Bonchev–Trinajstić information content (AvgIpc) is 1.47. The first kappa shape index (κ1) is 58.7. The summed E-state index contributed by atoms with van der Waals surface area (Å²) in [4.78, 5) is 18.9. The molecule has 0 fully saturated rings. The number of pyridine rings is 8. The quantitative estimate of drug-likeness (QED) is 0.149. The fourth-order valence-corrected chi connectivity index (χ4v) is 15.7. The van der Waals surface area contributed by atoms with Crippen LogP contribution in [0.5, 0.6) is 0 Å². The summed E-state index contributed by atoms with van der Waals surface area (Å²) >= 11 is 0. The summed E-state index contributed by atoms with van der Waals surface area (Å²) in [6, 6.07) is 46.4. The smallest absolute Gasteiger partial charge is 0.212 e. The van der Waals surface area contributed by atoms with Crippen LogP contribution in [0.4, 0.5) is 0 Å². The normalized spacial score (nSPS) is 14.5. The summed E-state index contributed by atoms with van der Waals surface area (Å²) in [5.74, 6) is -1.63. The maximum Gasteiger partial charge on any atom is 0.212 e. The van der Waals surface area contributed by atoms with Crippen molar-refractivity contribution in [1.82, 2.24) is 19.9 Å². The second kappa shape index (κ2) is 27.8. The van der Waals surface area contributed by atoms with Crippen LogP contribution in [-0.2, 0) is 60.2 Å². The average molecular weight is 1360 g/mol. The molecule has 0 unspecified atom stereocenters. The second-order valence-electron chi connectivity index (χ2n) is 30.2. The van der Waals surface area contributed by atoms with E-state index in [-0.39, 0.29) is 5.56 Å². The Morgan fingerprint density at radius 3 is 1.07 bits per heavy atom. The van der Waals surface area contributed by atoms with Crippen molar-refractivity contribution >= 4 is 0 Å². The molecule has 4 aromatic carbocycles. The summed E-state index contributed by atoms with van der Waals surface area (Å²) in [5.41, 5.74) is 40.8. The van der Waals surface area contributed by atoms with Gasteiger partial charge in [-0.05, 0) is 237 Å². The summed E-state index contributed by atoms with van der Waals surface area (Å²) in [6.45, 7) is 27.5. The van der Waals surface area contributed by atoms with Gasteiger partial charge in [-0.3, -0.25) is 19.9 Å². The third kappa shape index (κ3) is 13.6. The minimum atomic E-state index is -2.26. The Labute approximate surface area is 622 Å². The van der Waals surface area contributed by atoms with E-state index in [1.165, 1.54) is 94.7 Å². The Morgan fingerprint density at radius 2 is 0.716 bits per heavy atom. The molecule has 4 aliphatic carbocycles. The highest BCUT2D eigenvalue weighted by molar-refractivity contribution is 5.87. The monoisotopic (exact) mass is 1350 g/mol. The Kier molecular flexibility index (Phi) is 16.0. The highest BCUT2D eigenvalue weighted by Crippen LogP contribution is 2.46. The molecule has 0 amide bonds. The minimum absolute atomic E-state index is 0.234. The van der Waals surface area contributed by atoms with Gasteiger partial charge in [0, 0.05) is 154 Å². The van der Waals surface area contributed by atoms with Gasteiger partial charge in [-0.1, -0.05) is 97.0 Å². The van der Waals surface area contributed by atoms with E-state index < -0.39 is 37.3 Å². The molecule has 8 nitrogen and oxygen atoms in total. The van der Waals surface area contributed by atoms with Crippen LogP contribution in [0.1, 0.15) is 197 Å². The lowest BCUT2D eigenvalue weighted by Gasteiger charge is -2.18. The van der Waals surface area contributed by atoms with Crippen LogP contribution < -0.4 is 18.3 Å².